The normalized spacial score (nSPS) is 13.7. The number of furan rings is 1. The van der Waals surface area contributed by atoms with Crippen molar-refractivity contribution in [3.05, 3.63) is 12.1 Å². The summed E-state index contributed by atoms with van der Waals surface area (Å²) in [7, 11) is -6.84. The van der Waals surface area contributed by atoms with E-state index in [0.29, 0.717) is 0 Å². The Kier molecular flexibility index (Phi) is 8.45. The van der Waals surface area contributed by atoms with Gasteiger partial charge in [-0.25, -0.2) is 0 Å². The maximum Gasteiger partial charge on any atom is 0.485 e. The van der Waals surface area contributed by atoms with Crippen molar-refractivity contribution in [1.82, 2.24) is 0 Å². The number of hydrogen-bond donors (Lipinski definition) is 2. The van der Waals surface area contributed by atoms with Gasteiger partial charge < -0.3 is 4.42 Å². The van der Waals surface area contributed by atoms with Crippen LogP contribution in [0, 0.1) is 0 Å². The summed E-state index contributed by atoms with van der Waals surface area (Å²) in [5.74, 6) is 0. The highest BCUT2D eigenvalue weighted by molar-refractivity contribution is 7.69. The van der Waals surface area contributed by atoms with Crippen LogP contribution in [0.4, 0.5) is 0 Å². The van der Waals surface area contributed by atoms with Crippen LogP contribution >= 0.6 is 15.9 Å². The minimum atomic E-state index is -3.42. The van der Waals surface area contributed by atoms with Crippen LogP contribution in [0.1, 0.15) is 55.4 Å². The summed E-state index contributed by atoms with van der Waals surface area (Å²) < 4.78 is 28.2. The van der Waals surface area contributed by atoms with Crippen LogP contribution in [-0.2, 0) is 18.1 Å². The molecule has 0 aliphatic heterocycles. The van der Waals surface area contributed by atoms with Gasteiger partial charge in [0, 0.05) is 12.1 Å². The van der Waals surface area contributed by atoms with Gasteiger partial charge in [-0.15, -0.1) is 0 Å². The molecule has 1 rings (SSSR count). The zero-order chi connectivity index (χ0) is 19.4. The molecule has 25 heavy (non-hydrogen) atoms. The van der Waals surface area contributed by atoms with E-state index in [9.17, 15) is 9.79 Å². The predicted molar refractivity (Wildman–Crippen MR) is 101 cm³/mol. The smallest absolute Gasteiger partial charge is 0.382 e. The fraction of sp³-hybridized carbons (Fsp3) is 0.750. The largest absolute Gasteiger partial charge is 0.485 e. The van der Waals surface area contributed by atoms with E-state index in [1.165, 1.54) is 12.1 Å². The van der Waals surface area contributed by atoms with Gasteiger partial charge in [0.25, 0.3) is 0 Å². The molecule has 0 amide bonds. The SMILES string of the molecule is CC(C)O[P+](O)(OC(C)C)c1ccc([P+](O)(OC(C)C)OC(C)C)o1. The predicted octanol–water partition coefficient (Wildman–Crippen LogP) is 3.74. The van der Waals surface area contributed by atoms with Crippen LogP contribution in [0.25, 0.3) is 0 Å². The first-order valence-corrected chi connectivity index (χ1v) is 11.6. The molecule has 7 nitrogen and oxygen atoms in total. The molecule has 0 bridgehead atoms. The minimum absolute atomic E-state index is 0.128. The molecule has 1 aromatic heterocycles. The van der Waals surface area contributed by atoms with Gasteiger partial charge in [-0.1, -0.05) is 0 Å². The van der Waals surface area contributed by atoms with Crippen LogP contribution in [0.3, 0.4) is 0 Å². The molecule has 1 heterocycles. The molecule has 2 N–H and O–H groups in total. The summed E-state index contributed by atoms with van der Waals surface area (Å²) in [4.78, 5) is 21.8. The Hall–Kier alpha value is -0.100. The summed E-state index contributed by atoms with van der Waals surface area (Å²) in [5, 5.41) is 0. The zero-order valence-electron chi connectivity index (χ0n) is 16.3. The molecule has 0 aromatic carbocycles. The number of hydrogen-bond acceptors (Lipinski definition) is 7. The van der Waals surface area contributed by atoms with Crippen molar-refractivity contribution in [3.63, 3.8) is 0 Å². The first-order chi connectivity index (χ1) is 11.4. The highest BCUT2D eigenvalue weighted by Crippen LogP contribution is 2.61. The molecule has 9 heteroatoms. The molecular weight excluding hydrogens is 366 g/mol. The van der Waals surface area contributed by atoms with Crippen molar-refractivity contribution in [2.24, 2.45) is 0 Å². The molecule has 0 saturated heterocycles. The van der Waals surface area contributed by atoms with Crippen molar-refractivity contribution in [1.29, 1.82) is 0 Å². The average Bonchev–Trinajstić information content (AvgIpc) is 2.84. The highest BCUT2D eigenvalue weighted by Gasteiger charge is 2.55. The lowest BCUT2D eigenvalue weighted by atomic mass is 10.5. The second-order valence-electron chi connectivity index (χ2n) is 6.77. The molecule has 0 spiro atoms. The molecule has 0 radical (unpaired) electrons. The fourth-order valence-corrected chi connectivity index (χ4v) is 5.85. The van der Waals surface area contributed by atoms with Crippen LogP contribution in [-0.4, -0.2) is 34.2 Å². The molecule has 0 fully saturated rings. The molecule has 0 aliphatic carbocycles. The van der Waals surface area contributed by atoms with Crippen molar-refractivity contribution in [2.45, 2.75) is 79.8 Å². The Balaban J connectivity index is 3.22. The Morgan fingerprint density at radius 1 is 0.640 bits per heavy atom. The first-order valence-electron chi connectivity index (χ1n) is 8.46. The lowest BCUT2D eigenvalue weighted by Gasteiger charge is -2.19. The van der Waals surface area contributed by atoms with Gasteiger partial charge in [0.15, 0.2) is 0 Å². The molecule has 1 aromatic rings. The fourth-order valence-electron chi connectivity index (χ4n) is 2.02. The molecule has 146 valence electrons. The summed E-state index contributed by atoms with van der Waals surface area (Å²) in [5.41, 5.74) is 0.256. The lowest BCUT2D eigenvalue weighted by Crippen LogP contribution is -2.23. The lowest BCUT2D eigenvalue weighted by molar-refractivity contribution is 0.121. The van der Waals surface area contributed by atoms with Crippen molar-refractivity contribution >= 4 is 26.9 Å². The summed E-state index contributed by atoms with van der Waals surface area (Å²) >= 11 is 0. The van der Waals surface area contributed by atoms with Crippen LogP contribution in [0.15, 0.2) is 16.5 Å². The maximum atomic E-state index is 10.9. The van der Waals surface area contributed by atoms with Gasteiger partial charge in [-0.2, -0.15) is 27.9 Å². The standard InChI is InChI=1S/C16H32O7P2/c1-11(2)20-24(17,21-12(3)4)15-9-10-16(19-15)25(18,22-13(5)6)23-14(7)8/h9-14,17-18H,1-8H3/q+2. The zero-order valence-corrected chi connectivity index (χ0v) is 18.1. The van der Waals surface area contributed by atoms with Crippen molar-refractivity contribution < 1.29 is 32.3 Å². The monoisotopic (exact) mass is 398 g/mol. The van der Waals surface area contributed by atoms with E-state index >= 15 is 0 Å². The minimum Gasteiger partial charge on any atom is -0.382 e. The van der Waals surface area contributed by atoms with Gasteiger partial charge in [0.05, 0.1) is 0 Å². The Labute approximate surface area is 151 Å². The van der Waals surface area contributed by atoms with Gasteiger partial charge >= 0.3 is 26.9 Å². The van der Waals surface area contributed by atoms with E-state index in [1.54, 1.807) is 55.4 Å². The van der Waals surface area contributed by atoms with E-state index in [1.807, 2.05) is 0 Å². The summed E-state index contributed by atoms with van der Waals surface area (Å²) in [6, 6.07) is 3.07. The maximum absolute atomic E-state index is 10.9. The summed E-state index contributed by atoms with van der Waals surface area (Å²) in [6.45, 7) is 14.4. The highest BCUT2D eigenvalue weighted by atomic mass is 31.2. The second-order valence-corrected chi connectivity index (χ2v) is 10.6. The van der Waals surface area contributed by atoms with E-state index in [-0.39, 0.29) is 35.4 Å². The van der Waals surface area contributed by atoms with E-state index in [0.717, 1.165) is 0 Å². The van der Waals surface area contributed by atoms with Gasteiger partial charge in [-0.3, -0.25) is 0 Å². The second kappa shape index (κ2) is 9.20. The summed E-state index contributed by atoms with van der Waals surface area (Å²) in [6.07, 6.45) is -1.06. The Morgan fingerprint density at radius 2 is 0.880 bits per heavy atom. The molecular formula is C16H32O7P2+2. The number of rotatable bonds is 10. The van der Waals surface area contributed by atoms with Crippen LogP contribution < -0.4 is 11.0 Å². The molecule has 0 unspecified atom stereocenters. The van der Waals surface area contributed by atoms with Crippen LogP contribution in [0.5, 0.6) is 0 Å². The Morgan fingerprint density at radius 3 is 1.08 bits per heavy atom. The molecule has 0 saturated carbocycles. The van der Waals surface area contributed by atoms with Crippen molar-refractivity contribution in [2.75, 3.05) is 0 Å². The third kappa shape index (κ3) is 6.85. The van der Waals surface area contributed by atoms with Crippen molar-refractivity contribution in [3.8, 4) is 0 Å². The van der Waals surface area contributed by atoms with E-state index in [2.05, 4.69) is 0 Å². The van der Waals surface area contributed by atoms with Crippen LogP contribution in [0.2, 0.25) is 0 Å². The molecule has 0 atom stereocenters. The quantitative estimate of drug-likeness (QED) is 0.580. The topological polar surface area (TPSA) is 90.5 Å². The first kappa shape index (κ1) is 22.9. The van der Waals surface area contributed by atoms with Gasteiger partial charge in [-0.05, 0) is 55.4 Å². The van der Waals surface area contributed by atoms with E-state index < -0.39 is 15.9 Å². The van der Waals surface area contributed by atoms with Gasteiger partial charge in [0.2, 0.25) is 0 Å². The Bertz CT molecular complexity index is 464. The molecule has 0 aliphatic rings. The average molecular weight is 398 g/mol. The third-order valence-corrected chi connectivity index (χ3v) is 6.97. The third-order valence-electron chi connectivity index (χ3n) is 2.55. The van der Waals surface area contributed by atoms with Gasteiger partial charge in [0.1, 0.15) is 24.4 Å². The van der Waals surface area contributed by atoms with E-state index in [4.69, 9.17) is 22.5 Å².